The van der Waals surface area contributed by atoms with Crippen LogP contribution in [0.1, 0.15) is 24.8 Å². The molecule has 2 fully saturated rings. The Morgan fingerprint density at radius 2 is 2.08 bits per heavy atom. The highest BCUT2D eigenvalue weighted by Crippen LogP contribution is 2.49. The van der Waals surface area contributed by atoms with Gasteiger partial charge in [0.15, 0.2) is 0 Å². The number of aliphatic hydroxyl groups is 1. The van der Waals surface area contributed by atoms with Gasteiger partial charge in [0.2, 0.25) is 10.0 Å². The molecule has 24 heavy (non-hydrogen) atoms. The van der Waals surface area contributed by atoms with Crippen molar-refractivity contribution >= 4 is 15.7 Å². The van der Waals surface area contributed by atoms with Crippen molar-refractivity contribution in [1.29, 1.82) is 0 Å². The highest BCUT2D eigenvalue weighted by molar-refractivity contribution is 7.89. The largest absolute Gasteiger partial charge is 0.392 e. The van der Waals surface area contributed by atoms with Crippen LogP contribution in [0.4, 0.5) is 5.69 Å². The summed E-state index contributed by atoms with van der Waals surface area (Å²) in [6.07, 6.45) is 2.39. The molecule has 0 unspecified atom stereocenters. The van der Waals surface area contributed by atoms with Crippen LogP contribution in [0.3, 0.4) is 0 Å². The summed E-state index contributed by atoms with van der Waals surface area (Å²) in [6, 6.07) is 5.14. The number of nitrogens with one attached hydrogen (secondary N) is 1. The van der Waals surface area contributed by atoms with Crippen LogP contribution in [-0.4, -0.2) is 52.5 Å². The minimum absolute atomic E-state index is 0.215. The van der Waals surface area contributed by atoms with E-state index in [-0.39, 0.29) is 11.5 Å². The summed E-state index contributed by atoms with van der Waals surface area (Å²) in [6.45, 7) is 2.09. The van der Waals surface area contributed by atoms with E-state index in [9.17, 15) is 13.5 Å². The zero-order chi connectivity index (χ0) is 16.9. The van der Waals surface area contributed by atoms with Crippen LogP contribution in [-0.2, 0) is 21.2 Å². The summed E-state index contributed by atoms with van der Waals surface area (Å²) in [4.78, 5) is 2.39. The Morgan fingerprint density at radius 1 is 1.33 bits per heavy atom. The van der Waals surface area contributed by atoms with Crippen LogP contribution in [0, 0.1) is 5.41 Å². The zero-order valence-corrected chi connectivity index (χ0v) is 14.7. The zero-order valence-electron chi connectivity index (χ0n) is 13.9. The van der Waals surface area contributed by atoms with E-state index in [0.29, 0.717) is 37.4 Å². The Hall–Kier alpha value is -1.15. The van der Waals surface area contributed by atoms with Gasteiger partial charge in [0, 0.05) is 44.0 Å². The van der Waals surface area contributed by atoms with E-state index >= 15 is 0 Å². The SMILES string of the molecule is CN1CCc2ccc(S(=O)(=O)N[C@@H]3C[C@@H](O)C34CCOCC4)cc21. The van der Waals surface area contributed by atoms with Crippen LogP contribution in [0.5, 0.6) is 0 Å². The quantitative estimate of drug-likeness (QED) is 0.845. The first-order valence-corrected chi connectivity index (χ1v) is 10.0. The van der Waals surface area contributed by atoms with Crippen LogP contribution in [0.15, 0.2) is 23.1 Å². The first kappa shape index (κ1) is 16.3. The Bertz CT molecular complexity index is 743. The number of sulfonamides is 1. The van der Waals surface area contributed by atoms with Gasteiger partial charge in [-0.25, -0.2) is 13.1 Å². The number of likely N-dealkylation sites (N-methyl/N-ethyl adjacent to an activating group) is 1. The maximum absolute atomic E-state index is 12.8. The van der Waals surface area contributed by atoms with E-state index in [1.165, 1.54) is 5.56 Å². The molecule has 1 saturated carbocycles. The number of aliphatic hydroxyl groups excluding tert-OH is 1. The maximum atomic E-state index is 12.8. The molecule has 1 aliphatic carbocycles. The summed E-state index contributed by atoms with van der Waals surface area (Å²) in [5.41, 5.74) is 1.82. The minimum atomic E-state index is -3.59. The minimum Gasteiger partial charge on any atom is -0.392 e. The monoisotopic (exact) mass is 352 g/mol. The highest BCUT2D eigenvalue weighted by atomic mass is 32.2. The number of ether oxygens (including phenoxy) is 1. The smallest absolute Gasteiger partial charge is 0.240 e. The molecule has 2 aliphatic heterocycles. The molecule has 0 bridgehead atoms. The van der Waals surface area contributed by atoms with Gasteiger partial charge in [-0.05, 0) is 43.4 Å². The molecule has 2 atom stereocenters. The van der Waals surface area contributed by atoms with Gasteiger partial charge < -0.3 is 14.7 Å². The molecule has 0 radical (unpaired) electrons. The summed E-state index contributed by atoms with van der Waals surface area (Å²) in [5, 5.41) is 10.2. The first-order valence-electron chi connectivity index (χ1n) is 8.55. The van der Waals surface area contributed by atoms with Crippen molar-refractivity contribution in [1.82, 2.24) is 4.72 Å². The predicted octanol–water partition coefficient (Wildman–Crippen LogP) is 0.887. The van der Waals surface area contributed by atoms with Gasteiger partial charge in [-0.15, -0.1) is 0 Å². The summed E-state index contributed by atoms with van der Waals surface area (Å²) in [7, 11) is -1.61. The summed E-state index contributed by atoms with van der Waals surface area (Å²) >= 11 is 0. The maximum Gasteiger partial charge on any atom is 0.240 e. The molecule has 4 rings (SSSR count). The highest BCUT2D eigenvalue weighted by Gasteiger charge is 2.56. The average molecular weight is 352 g/mol. The van der Waals surface area contributed by atoms with E-state index in [1.54, 1.807) is 12.1 Å². The first-order chi connectivity index (χ1) is 11.4. The van der Waals surface area contributed by atoms with Crippen LogP contribution < -0.4 is 9.62 Å². The molecule has 0 aromatic heterocycles. The van der Waals surface area contributed by atoms with E-state index in [0.717, 1.165) is 18.7 Å². The number of hydrogen-bond donors (Lipinski definition) is 2. The molecule has 1 aromatic rings. The molecule has 1 spiro atoms. The lowest BCUT2D eigenvalue weighted by molar-refractivity contribution is -0.143. The number of fused-ring (bicyclic) bond motifs is 1. The summed E-state index contributed by atoms with van der Waals surface area (Å²) in [5.74, 6) is 0. The second-order valence-corrected chi connectivity index (χ2v) is 8.95. The Balaban J connectivity index is 1.57. The molecule has 132 valence electrons. The molecule has 2 N–H and O–H groups in total. The fourth-order valence-corrected chi connectivity index (χ4v) is 5.66. The van der Waals surface area contributed by atoms with Crippen LogP contribution in [0.25, 0.3) is 0 Å². The lowest BCUT2D eigenvalue weighted by Crippen LogP contribution is -2.65. The van der Waals surface area contributed by atoms with Crippen molar-refractivity contribution in [3.05, 3.63) is 23.8 Å². The molecule has 1 saturated heterocycles. The second-order valence-electron chi connectivity index (χ2n) is 7.23. The normalized spacial score (nSPS) is 28.7. The molecule has 1 aromatic carbocycles. The van der Waals surface area contributed by atoms with E-state index in [2.05, 4.69) is 9.62 Å². The molecular formula is C17H24N2O4S. The lowest BCUT2D eigenvalue weighted by atomic mass is 9.58. The van der Waals surface area contributed by atoms with E-state index in [4.69, 9.17) is 4.74 Å². The predicted molar refractivity (Wildman–Crippen MR) is 90.6 cm³/mol. The third-order valence-electron chi connectivity index (χ3n) is 6.03. The third kappa shape index (κ3) is 2.45. The standard InChI is InChI=1S/C17H24N2O4S/c1-19-7-4-12-2-3-13(10-14(12)19)24(21,22)18-15-11-16(20)17(15)5-8-23-9-6-17/h2-3,10,15-16,18,20H,4-9,11H2,1H3/t15-,16-/m1/s1. The van der Waals surface area contributed by atoms with Gasteiger partial charge in [0.1, 0.15) is 0 Å². The average Bonchev–Trinajstić information content (AvgIpc) is 2.96. The molecule has 3 aliphatic rings. The fraction of sp³-hybridized carbons (Fsp3) is 0.647. The van der Waals surface area contributed by atoms with Gasteiger partial charge in [0.05, 0.1) is 11.0 Å². The molecular weight excluding hydrogens is 328 g/mol. The van der Waals surface area contributed by atoms with Crippen molar-refractivity contribution in [2.75, 3.05) is 31.7 Å². The van der Waals surface area contributed by atoms with Gasteiger partial charge in [-0.2, -0.15) is 0 Å². The molecule has 0 amide bonds. The van der Waals surface area contributed by atoms with Gasteiger partial charge >= 0.3 is 0 Å². The van der Waals surface area contributed by atoms with Gasteiger partial charge in [0.25, 0.3) is 0 Å². The van der Waals surface area contributed by atoms with E-state index in [1.807, 2.05) is 13.1 Å². The number of nitrogens with zero attached hydrogens (tertiary/aromatic N) is 1. The number of rotatable bonds is 3. The number of anilines is 1. The molecule has 2 heterocycles. The van der Waals surface area contributed by atoms with Crippen LogP contribution in [0.2, 0.25) is 0 Å². The fourth-order valence-electron chi connectivity index (χ4n) is 4.30. The second kappa shape index (κ2) is 5.69. The van der Waals surface area contributed by atoms with Crippen molar-refractivity contribution in [3.63, 3.8) is 0 Å². The summed E-state index contributed by atoms with van der Waals surface area (Å²) < 4.78 is 33.9. The van der Waals surface area contributed by atoms with Crippen molar-refractivity contribution in [2.45, 2.75) is 42.7 Å². The van der Waals surface area contributed by atoms with Gasteiger partial charge in [-0.1, -0.05) is 6.07 Å². The van der Waals surface area contributed by atoms with Crippen LogP contribution >= 0.6 is 0 Å². The topological polar surface area (TPSA) is 78.9 Å². The van der Waals surface area contributed by atoms with Crippen molar-refractivity contribution < 1.29 is 18.3 Å². The molecule has 6 nitrogen and oxygen atoms in total. The van der Waals surface area contributed by atoms with E-state index < -0.39 is 16.1 Å². The number of hydrogen-bond acceptors (Lipinski definition) is 5. The van der Waals surface area contributed by atoms with Crippen molar-refractivity contribution in [3.8, 4) is 0 Å². The number of benzene rings is 1. The van der Waals surface area contributed by atoms with Gasteiger partial charge in [-0.3, -0.25) is 0 Å². The third-order valence-corrected chi connectivity index (χ3v) is 7.50. The van der Waals surface area contributed by atoms with Crippen molar-refractivity contribution in [2.24, 2.45) is 5.41 Å². The Labute approximate surface area is 142 Å². The lowest BCUT2D eigenvalue weighted by Gasteiger charge is -2.55. The Morgan fingerprint density at radius 3 is 2.79 bits per heavy atom. The Kier molecular flexibility index (Phi) is 3.87. The molecule has 7 heteroatoms.